The predicted octanol–water partition coefficient (Wildman–Crippen LogP) is 4.57. The van der Waals surface area contributed by atoms with Crippen molar-refractivity contribution in [3.05, 3.63) is 90.0 Å². The van der Waals surface area contributed by atoms with Crippen LogP contribution in [0, 0.1) is 0 Å². The largest absolute Gasteiger partial charge is 0.489 e. The number of carbonyl (C=O) groups is 2. The zero-order valence-corrected chi connectivity index (χ0v) is 19.9. The van der Waals surface area contributed by atoms with Gasteiger partial charge >= 0.3 is 0 Å². The van der Waals surface area contributed by atoms with Crippen LogP contribution in [0.25, 0.3) is 0 Å². The highest BCUT2D eigenvalue weighted by Gasteiger charge is 2.17. The second kappa shape index (κ2) is 12.0. The Labute approximate surface area is 206 Å². The van der Waals surface area contributed by atoms with Crippen molar-refractivity contribution in [2.75, 3.05) is 37.4 Å². The first-order valence-corrected chi connectivity index (χ1v) is 11.8. The van der Waals surface area contributed by atoms with Gasteiger partial charge in [0.2, 0.25) is 5.91 Å². The van der Waals surface area contributed by atoms with Crippen molar-refractivity contribution in [3.8, 4) is 5.75 Å². The average Bonchev–Trinajstić information content (AvgIpc) is 3.41. The number of hydrogen-bond donors (Lipinski definition) is 2. The summed E-state index contributed by atoms with van der Waals surface area (Å²) in [5.41, 5.74) is 2.93. The van der Waals surface area contributed by atoms with E-state index in [2.05, 4.69) is 10.6 Å². The zero-order valence-electron chi connectivity index (χ0n) is 19.9. The Hall–Kier alpha value is -3.84. The van der Waals surface area contributed by atoms with Gasteiger partial charge in [0.15, 0.2) is 0 Å². The minimum absolute atomic E-state index is 0.0531. The van der Waals surface area contributed by atoms with Crippen molar-refractivity contribution in [1.82, 2.24) is 4.90 Å². The Kier molecular flexibility index (Phi) is 8.35. The third-order valence-electron chi connectivity index (χ3n) is 5.78. The van der Waals surface area contributed by atoms with Crippen LogP contribution < -0.4 is 15.4 Å². The molecule has 0 radical (unpaired) electrons. The molecule has 0 saturated carbocycles. The van der Waals surface area contributed by atoms with E-state index in [-0.39, 0.29) is 24.5 Å². The molecule has 2 N–H and O–H groups in total. The third kappa shape index (κ3) is 7.07. The van der Waals surface area contributed by atoms with E-state index in [0.717, 1.165) is 25.0 Å². The van der Waals surface area contributed by atoms with E-state index in [9.17, 15) is 9.59 Å². The number of ether oxygens (including phenoxy) is 2. The molecular formula is C28H31N3O4. The summed E-state index contributed by atoms with van der Waals surface area (Å²) >= 11 is 0. The van der Waals surface area contributed by atoms with Gasteiger partial charge in [-0.05, 0) is 48.7 Å². The van der Waals surface area contributed by atoms with Gasteiger partial charge in [0.1, 0.15) is 12.4 Å². The van der Waals surface area contributed by atoms with Crippen LogP contribution in [0.1, 0.15) is 28.8 Å². The maximum absolute atomic E-state index is 12.9. The molecule has 7 nitrogen and oxygen atoms in total. The summed E-state index contributed by atoms with van der Waals surface area (Å²) in [4.78, 5) is 27.1. The van der Waals surface area contributed by atoms with Gasteiger partial charge in [-0.15, -0.1) is 0 Å². The fourth-order valence-corrected chi connectivity index (χ4v) is 3.94. The summed E-state index contributed by atoms with van der Waals surface area (Å²) in [5, 5.41) is 6.00. The molecule has 3 aromatic carbocycles. The fraction of sp³-hybridized carbons (Fsp3) is 0.286. The number of hydrogen-bond acceptors (Lipinski definition) is 5. The molecule has 0 aliphatic carbocycles. The van der Waals surface area contributed by atoms with Crippen LogP contribution in [0.4, 0.5) is 11.4 Å². The quantitative estimate of drug-likeness (QED) is 0.451. The molecule has 0 spiro atoms. The minimum atomic E-state index is -0.212. The molecular weight excluding hydrogens is 442 g/mol. The van der Waals surface area contributed by atoms with Crippen LogP contribution >= 0.6 is 0 Å². The molecule has 0 aromatic heterocycles. The Bertz CT molecular complexity index is 1130. The summed E-state index contributed by atoms with van der Waals surface area (Å²) < 4.78 is 11.5. The third-order valence-corrected chi connectivity index (χ3v) is 5.78. The van der Waals surface area contributed by atoms with E-state index < -0.39 is 0 Å². The van der Waals surface area contributed by atoms with Crippen LogP contribution in [-0.2, 0) is 16.1 Å². The van der Waals surface area contributed by atoms with Crippen LogP contribution in [-0.4, -0.2) is 49.6 Å². The van der Waals surface area contributed by atoms with Crippen molar-refractivity contribution in [1.29, 1.82) is 0 Å². The number of amides is 2. The molecule has 0 bridgehead atoms. The molecule has 1 aliphatic heterocycles. The Balaban J connectivity index is 1.30. The molecule has 182 valence electrons. The number of para-hydroxylation sites is 2. The molecule has 35 heavy (non-hydrogen) atoms. The van der Waals surface area contributed by atoms with Crippen LogP contribution in [0.3, 0.4) is 0 Å². The van der Waals surface area contributed by atoms with Crippen molar-refractivity contribution in [3.63, 3.8) is 0 Å². The number of carbonyl (C=O) groups excluding carboxylic acids is 2. The molecule has 1 heterocycles. The summed E-state index contributed by atoms with van der Waals surface area (Å²) in [6.45, 7) is 1.81. The molecule has 1 saturated heterocycles. The molecule has 1 atom stereocenters. The summed E-state index contributed by atoms with van der Waals surface area (Å²) in [5.74, 6) is 0.320. The molecule has 1 fully saturated rings. The van der Waals surface area contributed by atoms with E-state index in [1.54, 1.807) is 30.1 Å². The molecule has 7 heteroatoms. The second-order valence-corrected chi connectivity index (χ2v) is 8.57. The summed E-state index contributed by atoms with van der Waals surface area (Å²) in [6.07, 6.45) is 2.14. The maximum atomic E-state index is 12.9. The highest BCUT2D eigenvalue weighted by Crippen LogP contribution is 2.25. The Morgan fingerprint density at radius 2 is 1.83 bits per heavy atom. The molecule has 4 rings (SSSR count). The monoisotopic (exact) mass is 473 g/mol. The summed E-state index contributed by atoms with van der Waals surface area (Å²) in [6, 6.07) is 24.4. The Morgan fingerprint density at radius 3 is 2.63 bits per heavy atom. The van der Waals surface area contributed by atoms with Gasteiger partial charge in [0.05, 0.1) is 18.3 Å². The first kappa shape index (κ1) is 24.3. The number of nitrogens with zero attached hydrogens (tertiary/aromatic N) is 1. The van der Waals surface area contributed by atoms with Gasteiger partial charge in [-0.3, -0.25) is 9.59 Å². The lowest BCUT2D eigenvalue weighted by Crippen LogP contribution is -2.26. The normalized spacial score (nSPS) is 14.8. The summed E-state index contributed by atoms with van der Waals surface area (Å²) in [7, 11) is 1.78. The number of rotatable bonds is 10. The van der Waals surface area contributed by atoms with E-state index >= 15 is 0 Å². The van der Waals surface area contributed by atoms with Gasteiger partial charge in [0.25, 0.3) is 5.91 Å². The van der Waals surface area contributed by atoms with Gasteiger partial charge < -0.3 is 25.0 Å². The lowest BCUT2D eigenvalue weighted by Gasteiger charge is -2.18. The SMILES string of the molecule is CN(Cc1ccccc1)C(=O)c1cccc(NCC(=O)Nc2ccccc2OCC2CCCO2)c1. The van der Waals surface area contributed by atoms with Gasteiger partial charge in [-0.2, -0.15) is 0 Å². The number of anilines is 2. The lowest BCUT2D eigenvalue weighted by atomic mass is 10.1. The highest BCUT2D eigenvalue weighted by molar-refractivity contribution is 5.96. The Morgan fingerprint density at radius 1 is 1.03 bits per heavy atom. The van der Waals surface area contributed by atoms with Crippen molar-refractivity contribution in [2.24, 2.45) is 0 Å². The molecule has 2 amide bonds. The molecule has 3 aromatic rings. The van der Waals surface area contributed by atoms with E-state index in [4.69, 9.17) is 9.47 Å². The van der Waals surface area contributed by atoms with Gasteiger partial charge in [0, 0.05) is 31.5 Å². The fourth-order valence-electron chi connectivity index (χ4n) is 3.94. The minimum Gasteiger partial charge on any atom is -0.489 e. The first-order chi connectivity index (χ1) is 17.1. The van der Waals surface area contributed by atoms with Gasteiger partial charge in [-0.25, -0.2) is 0 Å². The zero-order chi connectivity index (χ0) is 24.5. The van der Waals surface area contributed by atoms with Crippen molar-refractivity contribution < 1.29 is 19.1 Å². The van der Waals surface area contributed by atoms with Crippen LogP contribution in [0.2, 0.25) is 0 Å². The smallest absolute Gasteiger partial charge is 0.253 e. The lowest BCUT2D eigenvalue weighted by molar-refractivity contribution is -0.114. The van der Waals surface area contributed by atoms with Crippen molar-refractivity contribution >= 4 is 23.2 Å². The van der Waals surface area contributed by atoms with Crippen LogP contribution in [0.15, 0.2) is 78.9 Å². The maximum Gasteiger partial charge on any atom is 0.253 e. The highest BCUT2D eigenvalue weighted by atomic mass is 16.5. The van der Waals surface area contributed by atoms with Gasteiger partial charge in [-0.1, -0.05) is 48.5 Å². The van der Waals surface area contributed by atoms with E-state index in [1.807, 2.05) is 60.7 Å². The average molecular weight is 474 g/mol. The van der Waals surface area contributed by atoms with E-state index in [1.165, 1.54) is 0 Å². The number of benzene rings is 3. The number of nitrogens with one attached hydrogen (secondary N) is 2. The predicted molar refractivity (Wildman–Crippen MR) is 137 cm³/mol. The second-order valence-electron chi connectivity index (χ2n) is 8.57. The van der Waals surface area contributed by atoms with E-state index in [0.29, 0.717) is 35.8 Å². The molecule has 1 aliphatic rings. The molecule has 1 unspecified atom stereocenters. The standard InChI is InChI=1S/C28H31N3O4/c1-31(19-21-9-3-2-4-10-21)28(33)22-11-7-12-23(17-22)29-18-27(32)30-25-14-5-6-15-26(25)35-20-24-13-8-16-34-24/h2-7,9-12,14-15,17,24,29H,8,13,16,18-20H2,1H3,(H,30,32). The first-order valence-electron chi connectivity index (χ1n) is 11.8. The van der Waals surface area contributed by atoms with Crippen molar-refractivity contribution in [2.45, 2.75) is 25.5 Å². The topological polar surface area (TPSA) is 79.9 Å². The van der Waals surface area contributed by atoms with Crippen LogP contribution in [0.5, 0.6) is 5.75 Å².